The van der Waals surface area contributed by atoms with Gasteiger partial charge in [-0.15, -0.1) is 11.3 Å². The molecule has 0 N–H and O–H groups in total. The molecule has 1 aliphatic heterocycles. The molecule has 8 heteroatoms. The third-order valence-corrected chi connectivity index (χ3v) is 5.78. The monoisotopic (exact) mass is 379 g/mol. The Morgan fingerprint density at radius 1 is 1.27 bits per heavy atom. The van der Waals surface area contributed by atoms with Gasteiger partial charge in [0, 0.05) is 24.7 Å². The summed E-state index contributed by atoms with van der Waals surface area (Å²) in [5.74, 6) is -0.260. The van der Waals surface area contributed by atoms with E-state index < -0.39 is 11.9 Å². The lowest BCUT2D eigenvalue weighted by Gasteiger charge is -2.29. The third kappa shape index (κ3) is 2.68. The van der Waals surface area contributed by atoms with E-state index >= 15 is 0 Å². The van der Waals surface area contributed by atoms with Crippen LogP contribution in [0.15, 0.2) is 24.3 Å². The van der Waals surface area contributed by atoms with Crippen molar-refractivity contribution in [1.82, 2.24) is 9.78 Å². The number of carbonyl (C=O) groups excluding carboxylic acids is 1. The van der Waals surface area contributed by atoms with Crippen molar-refractivity contribution in [3.63, 3.8) is 0 Å². The molecule has 3 aromatic rings. The molecule has 0 atom stereocenters. The molecule has 0 spiro atoms. The Kier molecular flexibility index (Phi) is 3.83. The zero-order valence-corrected chi connectivity index (χ0v) is 15.0. The van der Waals surface area contributed by atoms with Gasteiger partial charge in [-0.25, -0.2) is 0 Å². The summed E-state index contributed by atoms with van der Waals surface area (Å²) in [6, 6.07) is 7.24. The van der Waals surface area contributed by atoms with Crippen molar-refractivity contribution in [2.24, 2.45) is 7.05 Å². The highest BCUT2D eigenvalue weighted by atomic mass is 32.1. The summed E-state index contributed by atoms with van der Waals surface area (Å²) in [4.78, 5) is 15.3. The Morgan fingerprint density at radius 3 is 2.77 bits per heavy atom. The second-order valence-corrected chi connectivity index (χ2v) is 7.52. The summed E-state index contributed by atoms with van der Waals surface area (Å²) >= 11 is 1.05. The third-order valence-electron chi connectivity index (χ3n) is 4.59. The molecule has 1 aromatic carbocycles. The van der Waals surface area contributed by atoms with E-state index in [-0.39, 0.29) is 11.3 Å². The molecule has 1 aliphatic rings. The molecule has 0 aliphatic carbocycles. The van der Waals surface area contributed by atoms with E-state index in [4.69, 9.17) is 0 Å². The zero-order valence-electron chi connectivity index (χ0n) is 14.2. The summed E-state index contributed by atoms with van der Waals surface area (Å²) in [5.41, 5.74) is 2.13. The van der Waals surface area contributed by atoms with Crippen molar-refractivity contribution in [3.8, 4) is 0 Å². The van der Waals surface area contributed by atoms with Gasteiger partial charge in [0.05, 0.1) is 4.88 Å². The molecule has 0 unspecified atom stereocenters. The molecule has 4 nitrogen and oxygen atoms in total. The van der Waals surface area contributed by atoms with E-state index in [0.29, 0.717) is 16.3 Å². The summed E-state index contributed by atoms with van der Waals surface area (Å²) in [6.07, 6.45) is -2.81. The Morgan fingerprint density at radius 2 is 2.04 bits per heavy atom. The molecular formula is C18H16F3N3OS. The Labute approximate surface area is 151 Å². The van der Waals surface area contributed by atoms with Crippen LogP contribution in [-0.4, -0.2) is 22.2 Å². The Balaban J connectivity index is 1.76. The maximum Gasteiger partial charge on any atom is 0.435 e. The van der Waals surface area contributed by atoms with Crippen molar-refractivity contribution in [2.45, 2.75) is 25.9 Å². The number of anilines is 1. The normalized spacial score (nSPS) is 14.7. The first-order chi connectivity index (χ1) is 12.3. The van der Waals surface area contributed by atoms with Gasteiger partial charge >= 0.3 is 6.18 Å². The fourth-order valence-corrected chi connectivity index (χ4v) is 4.45. The molecule has 2 aromatic heterocycles. The number of halogens is 3. The van der Waals surface area contributed by atoms with Crippen LogP contribution in [0.3, 0.4) is 0 Å². The smallest absolute Gasteiger partial charge is 0.307 e. The minimum atomic E-state index is -4.55. The van der Waals surface area contributed by atoms with Gasteiger partial charge in [0.15, 0.2) is 5.69 Å². The minimum Gasteiger partial charge on any atom is -0.307 e. The van der Waals surface area contributed by atoms with Crippen molar-refractivity contribution in [2.75, 3.05) is 11.4 Å². The van der Waals surface area contributed by atoms with Crippen molar-refractivity contribution < 1.29 is 18.0 Å². The summed E-state index contributed by atoms with van der Waals surface area (Å²) < 4.78 is 40.7. The van der Waals surface area contributed by atoms with E-state index in [1.807, 2.05) is 19.1 Å². The first-order valence-electron chi connectivity index (χ1n) is 8.21. The van der Waals surface area contributed by atoms with Gasteiger partial charge in [0.2, 0.25) is 0 Å². The van der Waals surface area contributed by atoms with Crippen LogP contribution in [0.25, 0.3) is 10.2 Å². The van der Waals surface area contributed by atoms with Crippen molar-refractivity contribution >= 4 is 33.1 Å². The number of thiophene rings is 1. The number of aromatic nitrogens is 2. The average molecular weight is 379 g/mol. The fraction of sp³-hybridized carbons (Fsp3) is 0.333. The van der Waals surface area contributed by atoms with Crippen LogP contribution in [0.5, 0.6) is 0 Å². The molecular weight excluding hydrogens is 363 g/mol. The highest BCUT2D eigenvalue weighted by molar-refractivity contribution is 7.20. The number of fused-ring (bicyclic) bond motifs is 2. The maximum atomic E-state index is 13.2. The van der Waals surface area contributed by atoms with Crippen LogP contribution in [0.2, 0.25) is 0 Å². The molecule has 0 bridgehead atoms. The van der Waals surface area contributed by atoms with Crippen LogP contribution in [-0.2, 0) is 19.6 Å². The number of carbonyl (C=O) groups is 1. The summed E-state index contributed by atoms with van der Waals surface area (Å²) in [5, 5.41) is 3.54. The molecule has 136 valence electrons. The van der Waals surface area contributed by atoms with Gasteiger partial charge < -0.3 is 4.90 Å². The van der Waals surface area contributed by atoms with Crippen LogP contribution >= 0.6 is 11.3 Å². The van der Waals surface area contributed by atoms with Gasteiger partial charge in [0.25, 0.3) is 5.91 Å². The van der Waals surface area contributed by atoms with Crippen LogP contribution in [0, 0.1) is 6.92 Å². The van der Waals surface area contributed by atoms with E-state index in [9.17, 15) is 18.0 Å². The molecule has 0 radical (unpaired) electrons. The lowest BCUT2D eigenvalue weighted by molar-refractivity contribution is -0.140. The number of hydrogen-bond donors (Lipinski definition) is 0. The topological polar surface area (TPSA) is 38.1 Å². The van der Waals surface area contributed by atoms with E-state index in [1.54, 1.807) is 4.90 Å². The number of hydrogen-bond acceptors (Lipinski definition) is 3. The van der Waals surface area contributed by atoms with Crippen molar-refractivity contribution in [1.29, 1.82) is 0 Å². The standard InChI is InChI=1S/C18H16F3N3OS/c1-10-5-6-13-11(8-10)4-3-7-24(13)16(25)14-9-12-15(18(19,20)21)22-23(2)17(12)26-14/h5-6,8-9H,3-4,7H2,1-2H3. The van der Waals surface area contributed by atoms with Gasteiger partial charge in [-0.1, -0.05) is 17.7 Å². The first-order valence-corrected chi connectivity index (χ1v) is 9.02. The Bertz CT molecular complexity index is 1020. The molecule has 1 amide bonds. The second-order valence-electron chi connectivity index (χ2n) is 6.49. The zero-order chi connectivity index (χ0) is 18.6. The lowest BCUT2D eigenvalue weighted by atomic mass is 9.99. The second kappa shape index (κ2) is 5.84. The van der Waals surface area contributed by atoms with Crippen LogP contribution in [0.4, 0.5) is 18.9 Å². The van der Waals surface area contributed by atoms with Crippen LogP contribution < -0.4 is 4.90 Å². The van der Waals surface area contributed by atoms with Gasteiger partial charge in [-0.05, 0) is 37.5 Å². The number of rotatable bonds is 1. The van der Waals surface area contributed by atoms with Gasteiger partial charge in [0.1, 0.15) is 4.83 Å². The fourth-order valence-electron chi connectivity index (χ4n) is 3.43. The summed E-state index contributed by atoms with van der Waals surface area (Å²) in [7, 11) is 1.46. The van der Waals surface area contributed by atoms with E-state index in [0.717, 1.165) is 41.0 Å². The first kappa shape index (κ1) is 17.1. The average Bonchev–Trinajstić information content (AvgIpc) is 3.13. The Hall–Kier alpha value is -2.35. The number of benzene rings is 1. The van der Waals surface area contributed by atoms with Gasteiger partial charge in [-0.2, -0.15) is 18.3 Å². The van der Waals surface area contributed by atoms with E-state index in [1.165, 1.54) is 17.8 Å². The maximum absolute atomic E-state index is 13.2. The number of alkyl halides is 3. The highest BCUT2D eigenvalue weighted by Gasteiger charge is 2.38. The number of nitrogens with zero attached hydrogens (tertiary/aromatic N) is 3. The molecule has 26 heavy (non-hydrogen) atoms. The predicted molar refractivity (Wildman–Crippen MR) is 94.8 cm³/mol. The molecule has 0 saturated heterocycles. The quantitative estimate of drug-likeness (QED) is 0.622. The minimum absolute atomic E-state index is 0.0190. The van der Waals surface area contributed by atoms with Gasteiger partial charge in [-0.3, -0.25) is 9.48 Å². The highest BCUT2D eigenvalue weighted by Crippen LogP contribution is 2.38. The lowest BCUT2D eigenvalue weighted by Crippen LogP contribution is -2.35. The SMILES string of the molecule is Cc1ccc2c(c1)CCCN2C(=O)c1cc2c(C(F)(F)F)nn(C)c2s1. The van der Waals surface area contributed by atoms with E-state index in [2.05, 4.69) is 11.2 Å². The van der Waals surface area contributed by atoms with Crippen LogP contribution in [0.1, 0.15) is 32.9 Å². The molecule has 0 fully saturated rings. The summed E-state index contributed by atoms with van der Waals surface area (Å²) in [6.45, 7) is 2.56. The number of amides is 1. The van der Waals surface area contributed by atoms with Crippen molar-refractivity contribution in [3.05, 3.63) is 46.0 Å². The molecule has 0 saturated carbocycles. The number of aryl methyl sites for hydroxylation is 3. The molecule has 3 heterocycles. The largest absolute Gasteiger partial charge is 0.435 e. The predicted octanol–water partition coefficient (Wildman–Crippen LogP) is 4.56. The molecule has 4 rings (SSSR count).